The molecule has 0 amide bonds. The zero-order valence-electron chi connectivity index (χ0n) is 9.85. The van der Waals surface area contributed by atoms with Gasteiger partial charge in [0.05, 0.1) is 0 Å². The summed E-state index contributed by atoms with van der Waals surface area (Å²) in [6.45, 7) is 1.50. The second-order valence-electron chi connectivity index (χ2n) is 4.16. The van der Waals surface area contributed by atoms with E-state index in [0.717, 1.165) is 3.57 Å². The Bertz CT molecular complexity index is 582. The molecule has 0 saturated carbocycles. The van der Waals surface area contributed by atoms with Crippen molar-refractivity contribution < 1.29 is 17.6 Å². The zero-order chi connectivity index (χ0) is 14.2. The minimum atomic E-state index is -1.38. The third-order valence-corrected chi connectivity index (χ3v) is 3.67. The average Bonchev–Trinajstić information content (AvgIpc) is 2.37. The van der Waals surface area contributed by atoms with Gasteiger partial charge in [-0.05, 0) is 40.3 Å². The number of hydrogen-bond donors (Lipinski definition) is 0. The van der Waals surface area contributed by atoms with Crippen LogP contribution in [-0.2, 0) is 0 Å². The van der Waals surface area contributed by atoms with E-state index in [9.17, 15) is 17.6 Å². The molecule has 0 heterocycles. The molecule has 0 fully saturated rings. The van der Waals surface area contributed by atoms with Crippen molar-refractivity contribution >= 4 is 22.6 Å². The summed E-state index contributed by atoms with van der Waals surface area (Å²) in [6.07, 6.45) is 0. The van der Waals surface area contributed by atoms with Crippen LogP contribution in [0.25, 0.3) is 0 Å². The van der Waals surface area contributed by atoms with Gasteiger partial charge in [-0.2, -0.15) is 0 Å². The van der Waals surface area contributed by atoms with E-state index in [2.05, 4.69) is 22.6 Å². The molecule has 1 unspecified atom stereocenters. The highest BCUT2D eigenvalue weighted by molar-refractivity contribution is 14.1. The fourth-order valence-electron chi connectivity index (χ4n) is 1.89. The molecule has 0 nitrogen and oxygen atoms in total. The van der Waals surface area contributed by atoms with Crippen molar-refractivity contribution in [2.45, 2.75) is 12.8 Å². The maximum atomic E-state index is 13.7. The van der Waals surface area contributed by atoms with Gasteiger partial charge in [0.2, 0.25) is 0 Å². The Morgan fingerprint density at radius 2 is 1.37 bits per heavy atom. The molecule has 0 aliphatic rings. The monoisotopic (exact) mass is 380 g/mol. The predicted octanol–water partition coefficient (Wildman–Crippen LogP) is 5.00. The Balaban J connectivity index is 2.55. The zero-order valence-corrected chi connectivity index (χ0v) is 12.0. The second kappa shape index (κ2) is 5.48. The van der Waals surface area contributed by atoms with Crippen LogP contribution in [0.5, 0.6) is 0 Å². The lowest BCUT2D eigenvalue weighted by Gasteiger charge is -2.15. The minimum absolute atomic E-state index is 0.217. The SMILES string of the molecule is CC(c1ccc(I)cc1)c1c(F)c(F)cc(F)c1F. The van der Waals surface area contributed by atoms with Gasteiger partial charge in [-0.1, -0.05) is 19.1 Å². The highest BCUT2D eigenvalue weighted by Gasteiger charge is 2.24. The first-order valence-corrected chi connectivity index (χ1v) is 6.58. The molecule has 2 aromatic rings. The summed E-state index contributed by atoms with van der Waals surface area (Å²) in [5, 5.41) is 0. The lowest BCUT2D eigenvalue weighted by molar-refractivity contribution is 0.435. The summed E-state index contributed by atoms with van der Waals surface area (Å²) in [6, 6.07) is 7.09. The summed E-state index contributed by atoms with van der Waals surface area (Å²) in [4.78, 5) is 0. The maximum absolute atomic E-state index is 13.7. The molecule has 0 bridgehead atoms. The van der Waals surface area contributed by atoms with Gasteiger partial charge in [0.25, 0.3) is 0 Å². The smallest absolute Gasteiger partial charge is 0.165 e. The molecule has 2 aromatic carbocycles. The summed E-state index contributed by atoms with van der Waals surface area (Å²) in [5.74, 6) is -6.23. The van der Waals surface area contributed by atoms with E-state index in [1.165, 1.54) is 6.92 Å². The van der Waals surface area contributed by atoms with Crippen LogP contribution in [0.3, 0.4) is 0 Å². The molecular weight excluding hydrogens is 371 g/mol. The van der Waals surface area contributed by atoms with E-state index >= 15 is 0 Å². The summed E-state index contributed by atoms with van der Waals surface area (Å²) < 4.78 is 54.7. The summed E-state index contributed by atoms with van der Waals surface area (Å²) >= 11 is 2.09. The Morgan fingerprint density at radius 3 is 1.84 bits per heavy atom. The number of benzene rings is 2. The molecule has 2 rings (SSSR count). The fraction of sp³-hybridized carbons (Fsp3) is 0.143. The van der Waals surface area contributed by atoms with Crippen LogP contribution in [0.1, 0.15) is 24.0 Å². The largest absolute Gasteiger partial charge is 0.204 e. The molecule has 1 atom stereocenters. The number of rotatable bonds is 2. The molecule has 0 aliphatic heterocycles. The standard InChI is InChI=1S/C14H9F4I/c1-7(8-2-4-9(19)5-3-8)12-13(17)10(15)6-11(16)14(12)18/h2-7H,1H3. The molecule has 0 aliphatic carbocycles. The Hall–Kier alpha value is -1.11. The van der Waals surface area contributed by atoms with Crippen molar-refractivity contribution in [1.29, 1.82) is 0 Å². The number of halogens is 5. The van der Waals surface area contributed by atoms with E-state index in [4.69, 9.17) is 0 Å². The number of hydrogen-bond acceptors (Lipinski definition) is 0. The van der Waals surface area contributed by atoms with Crippen LogP contribution < -0.4 is 0 Å². The Kier molecular flexibility index (Phi) is 4.13. The van der Waals surface area contributed by atoms with Crippen LogP contribution in [0.2, 0.25) is 0 Å². The first-order valence-electron chi connectivity index (χ1n) is 5.50. The topological polar surface area (TPSA) is 0 Å². The van der Waals surface area contributed by atoms with Crippen LogP contribution in [0.15, 0.2) is 30.3 Å². The van der Waals surface area contributed by atoms with E-state index in [0.29, 0.717) is 5.56 Å². The second-order valence-corrected chi connectivity index (χ2v) is 5.40. The van der Waals surface area contributed by atoms with Crippen LogP contribution >= 0.6 is 22.6 Å². The van der Waals surface area contributed by atoms with Crippen molar-refractivity contribution in [1.82, 2.24) is 0 Å². The van der Waals surface area contributed by atoms with Gasteiger partial charge < -0.3 is 0 Å². The normalized spacial score (nSPS) is 12.5. The van der Waals surface area contributed by atoms with Gasteiger partial charge >= 0.3 is 0 Å². The summed E-state index contributed by atoms with van der Waals surface area (Å²) in [5.41, 5.74) is 0.00178. The van der Waals surface area contributed by atoms with Crippen LogP contribution in [-0.4, -0.2) is 0 Å². The van der Waals surface area contributed by atoms with Crippen molar-refractivity contribution in [3.63, 3.8) is 0 Å². The first-order chi connectivity index (χ1) is 8.91. The highest BCUT2D eigenvalue weighted by atomic mass is 127. The van der Waals surface area contributed by atoms with Gasteiger partial charge in [-0.3, -0.25) is 0 Å². The highest BCUT2D eigenvalue weighted by Crippen LogP contribution is 2.31. The van der Waals surface area contributed by atoms with E-state index in [1.54, 1.807) is 24.3 Å². The van der Waals surface area contributed by atoms with E-state index < -0.39 is 34.8 Å². The van der Waals surface area contributed by atoms with Crippen molar-refractivity contribution in [3.05, 3.63) is 68.3 Å². The molecule has 100 valence electrons. The molecule has 0 N–H and O–H groups in total. The molecule has 5 heteroatoms. The Morgan fingerprint density at radius 1 is 0.895 bits per heavy atom. The van der Waals surface area contributed by atoms with Crippen molar-refractivity contribution in [2.75, 3.05) is 0 Å². The third kappa shape index (κ3) is 2.75. The molecule has 0 spiro atoms. The molecule has 0 saturated heterocycles. The van der Waals surface area contributed by atoms with E-state index in [1.807, 2.05) is 0 Å². The van der Waals surface area contributed by atoms with E-state index in [-0.39, 0.29) is 6.07 Å². The van der Waals surface area contributed by atoms with Gasteiger partial charge in [-0.15, -0.1) is 0 Å². The maximum Gasteiger partial charge on any atom is 0.165 e. The lowest BCUT2D eigenvalue weighted by atomic mass is 9.92. The molecule has 0 radical (unpaired) electrons. The van der Waals surface area contributed by atoms with Crippen molar-refractivity contribution in [3.8, 4) is 0 Å². The summed E-state index contributed by atoms with van der Waals surface area (Å²) in [7, 11) is 0. The quantitative estimate of drug-likeness (QED) is 0.391. The van der Waals surface area contributed by atoms with Gasteiger partial charge in [0.15, 0.2) is 23.3 Å². The van der Waals surface area contributed by atoms with Crippen LogP contribution in [0, 0.1) is 26.8 Å². The lowest BCUT2D eigenvalue weighted by Crippen LogP contribution is -2.07. The van der Waals surface area contributed by atoms with Gasteiger partial charge in [0, 0.05) is 21.1 Å². The van der Waals surface area contributed by atoms with Gasteiger partial charge in [0.1, 0.15) is 0 Å². The minimum Gasteiger partial charge on any atom is -0.204 e. The predicted molar refractivity (Wildman–Crippen MR) is 73.0 cm³/mol. The fourth-order valence-corrected chi connectivity index (χ4v) is 2.25. The molecule has 19 heavy (non-hydrogen) atoms. The van der Waals surface area contributed by atoms with Gasteiger partial charge in [-0.25, -0.2) is 17.6 Å². The average molecular weight is 380 g/mol. The van der Waals surface area contributed by atoms with Crippen molar-refractivity contribution in [2.24, 2.45) is 0 Å². The first kappa shape index (κ1) is 14.3. The molecular formula is C14H9F4I. The Labute approximate surface area is 121 Å². The third-order valence-electron chi connectivity index (χ3n) is 2.95. The molecule has 0 aromatic heterocycles. The van der Waals surface area contributed by atoms with Crippen LogP contribution in [0.4, 0.5) is 17.6 Å².